The summed E-state index contributed by atoms with van der Waals surface area (Å²) in [7, 11) is 1.63. The molecule has 142 valence electrons. The maximum absolute atomic E-state index is 12.6. The lowest BCUT2D eigenvalue weighted by Crippen LogP contribution is -2.50. The number of hydrogen-bond donors (Lipinski definition) is 2. The number of rotatable bonds is 6. The first-order chi connectivity index (χ1) is 12.3. The predicted molar refractivity (Wildman–Crippen MR) is 100 cm³/mol. The first-order valence-electron chi connectivity index (χ1n) is 8.92. The topological polar surface area (TPSA) is 95.7 Å². The number of nitrogens with zero attached hydrogens (tertiary/aromatic N) is 2. The number of primary amides is 1. The van der Waals surface area contributed by atoms with Crippen molar-refractivity contribution in [1.29, 1.82) is 0 Å². The van der Waals surface area contributed by atoms with Gasteiger partial charge in [-0.15, -0.1) is 0 Å². The highest BCUT2D eigenvalue weighted by Crippen LogP contribution is 2.19. The molecule has 3 amide bonds. The van der Waals surface area contributed by atoms with Gasteiger partial charge in [-0.25, -0.2) is 0 Å². The van der Waals surface area contributed by atoms with Crippen molar-refractivity contribution in [1.82, 2.24) is 9.80 Å². The third kappa shape index (κ3) is 5.29. The number of carbonyl (C=O) groups excluding carboxylic acids is 3. The molecule has 1 saturated heterocycles. The molecule has 0 spiro atoms. The Morgan fingerprint density at radius 2 is 1.81 bits per heavy atom. The summed E-state index contributed by atoms with van der Waals surface area (Å²) in [5.41, 5.74) is 7.17. The molecule has 0 unspecified atom stereocenters. The highest BCUT2D eigenvalue weighted by Gasteiger charge is 2.30. The molecule has 0 saturated carbocycles. The van der Waals surface area contributed by atoms with Gasteiger partial charge >= 0.3 is 0 Å². The summed E-state index contributed by atoms with van der Waals surface area (Å²) >= 11 is 0. The molecule has 1 aromatic rings. The molecule has 1 aromatic carbocycles. The van der Waals surface area contributed by atoms with Gasteiger partial charge in [-0.2, -0.15) is 0 Å². The molecule has 7 heteroatoms. The summed E-state index contributed by atoms with van der Waals surface area (Å²) < 4.78 is 0. The van der Waals surface area contributed by atoms with Crippen molar-refractivity contribution in [2.75, 3.05) is 32.0 Å². The van der Waals surface area contributed by atoms with Crippen LogP contribution in [-0.2, 0) is 14.4 Å². The van der Waals surface area contributed by atoms with Crippen LogP contribution in [0.15, 0.2) is 24.3 Å². The van der Waals surface area contributed by atoms with Gasteiger partial charge in [0.25, 0.3) is 0 Å². The summed E-state index contributed by atoms with van der Waals surface area (Å²) in [6, 6.07) is 7.17. The Bertz CT molecular complexity index is 651. The maximum atomic E-state index is 12.6. The van der Waals surface area contributed by atoms with E-state index in [-0.39, 0.29) is 36.2 Å². The first-order valence-corrected chi connectivity index (χ1v) is 8.92. The van der Waals surface area contributed by atoms with Gasteiger partial charge in [0, 0.05) is 18.7 Å². The number of benzene rings is 1. The summed E-state index contributed by atoms with van der Waals surface area (Å²) in [6.45, 7) is 5.12. The van der Waals surface area contributed by atoms with Crippen LogP contribution in [0.4, 0.5) is 5.69 Å². The van der Waals surface area contributed by atoms with Crippen molar-refractivity contribution >= 4 is 23.4 Å². The number of piperidine rings is 1. The molecule has 0 bridgehead atoms. The molecule has 1 aliphatic heterocycles. The summed E-state index contributed by atoms with van der Waals surface area (Å²) in [5.74, 6) is -0.717. The van der Waals surface area contributed by atoms with E-state index in [2.05, 4.69) is 5.32 Å². The van der Waals surface area contributed by atoms with Gasteiger partial charge in [-0.1, -0.05) is 17.7 Å². The quantitative estimate of drug-likeness (QED) is 0.790. The number of carbonyl (C=O) groups is 3. The van der Waals surface area contributed by atoms with Crippen LogP contribution in [0, 0.1) is 12.8 Å². The standard InChI is InChI=1S/C19H28N4O3/c1-13-4-6-16(7-5-13)21-17(24)12-22(3)19(26)14(2)23-10-8-15(9-11-23)18(20)25/h4-7,14-15H,8-12H2,1-3H3,(H2,20,25)(H,21,24)/t14-/m0/s1. The lowest BCUT2D eigenvalue weighted by atomic mass is 9.95. The molecular weight excluding hydrogens is 332 g/mol. The summed E-state index contributed by atoms with van der Waals surface area (Å²) in [4.78, 5) is 39.5. The van der Waals surface area contributed by atoms with E-state index in [1.54, 1.807) is 7.05 Å². The van der Waals surface area contributed by atoms with E-state index in [0.717, 1.165) is 5.56 Å². The smallest absolute Gasteiger partial charge is 0.243 e. The van der Waals surface area contributed by atoms with Crippen LogP contribution in [0.2, 0.25) is 0 Å². The minimum Gasteiger partial charge on any atom is -0.369 e. The number of likely N-dealkylation sites (N-methyl/N-ethyl adjacent to an activating group) is 1. The summed E-state index contributed by atoms with van der Waals surface area (Å²) in [5, 5.41) is 2.79. The Morgan fingerprint density at radius 3 is 2.35 bits per heavy atom. The number of anilines is 1. The van der Waals surface area contributed by atoms with Crippen LogP contribution in [-0.4, -0.2) is 60.2 Å². The Hall–Kier alpha value is -2.41. The fourth-order valence-corrected chi connectivity index (χ4v) is 3.18. The van der Waals surface area contributed by atoms with Gasteiger partial charge in [-0.05, 0) is 51.9 Å². The van der Waals surface area contributed by atoms with Crippen LogP contribution >= 0.6 is 0 Å². The van der Waals surface area contributed by atoms with Crippen molar-refractivity contribution in [2.24, 2.45) is 11.7 Å². The van der Waals surface area contributed by atoms with Crippen molar-refractivity contribution in [2.45, 2.75) is 32.7 Å². The fraction of sp³-hybridized carbons (Fsp3) is 0.526. The Kier molecular flexibility index (Phi) is 6.74. The second-order valence-corrected chi connectivity index (χ2v) is 7.00. The van der Waals surface area contributed by atoms with Crippen LogP contribution in [0.1, 0.15) is 25.3 Å². The first kappa shape index (κ1) is 19.9. The molecule has 1 heterocycles. The highest BCUT2D eigenvalue weighted by molar-refractivity contribution is 5.95. The number of hydrogen-bond acceptors (Lipinski definition) is 4. The number of nitrogens with one attached hydrogen (secondary N) is 1. The molecular formula is C19H28N4O3. The van der Waals surface area contributed by atoms with E-state index in [1.165, 1.54) is 4.90 Å². The minimum absolute atomic E-state index is 0.00516. The third-order valence-electron chi connectivity index (χ3n) is 4.93. The zero-order valence-electron chi connectivity index (χ0n) is 15.7. The molecule has 0 radical (unpaired) electrons. The second-order valence-electron chi connectivity index (χ2n) is 7.00. The number of amides is 3. The van der Waals surface area contributed by atoms with Gasteiger partial charge < -0.3 is 16.0 Å². The minimum atomic E-state index is -0.332. The molecule has 26 heavy (non-hydrogen) atoms. The molecule has 1 fully saturated rings. The average Bonchev–Trinajstić information content (AvgIpc) is 2.62. The van der Waals surface area contributed by atoms with Gasteiger partial charge in [-0.3, -0.25) is 19.3 Å². The fourth-order valence-electron chi connectivity index (χ4n) is 3.18. The van der Waals surface area contributed by atoms with E-state index >= 15 is 0 Å². The molecule has 0 aliphatic carbocycles. The average molecular weight is 360 g/mol. The van der Waals surface area contributed by atoms with E-state index in [0.29, 0.717) is 31.6 Å². The van der Waals surface area contributed by atoms with E-state index in [4.69, 9.17) is 5.73 Å². The van der Waals surface area contributed by atoms with Crippen LogP contribution < -0.4 is 11.1 Å². The van der Waals surface area contributed by atoms with E-state index in [1.807, 2.05) is 43.0 Å². The van der Waals surface area contributed by atoms with Crippen LogP contribution in [0.25, 0.3) is 0 Å². The van der Waals surface area contributed by atoms with Crippen molar-refractivity contribution in [3.05, 3.63) is 29.8 Å². The highest BCUT2D eigenvalue weighted by atomic mass is 16.2. The summed E-state index contributed by atoms with van der Waals surface area (Å²) in [6.07, 6.45) is 1.34. The van der Waals surface area contributed by atoms with Crippen LogP contribution in [0.5, 0.6) is 0 Å². The largest absolute Gasteiger partial charge is 0.369 e. The molecule has 2 rings (SSSR count). The number of likely N-dealkylation sites (tertiary alicyclic amines) is 1. The molecule has 1 aliphatic rings. The Morgan fingerprint density at radius 1 is 1.23 bits per heavy atom. The molecule has 7 nitrogen and oxygen atoms in total. The SMILES string of the molecule is Cc1ccc(NC(=O)CN(C)C(=O)[C@H](C)N2CCC(C(N)=O)CC2)cc1. The zero-order valence-corrected chi connectivity index (χ0v) is 15.7. The normalized spacial score (nSPS) is 16.7. The van der Waals surface area contributed by atoms with Crippen molar-refractivity contribution < 1.29 is 14.4 Å². The van der Waals surface area contributed by atoms with E-state index < -0.39 is 0 Å². The second kappa shape index (κ2) is 8.80. The van der Waals surface area contributed by atoms with Gasteiger partial charge in [0.1, 0.15) is 0 Å². The van der Waals surface area contributed by atoms with Crippen molar-refractivity contribution in [3.63, 3.8) is 0 Å². The van der Waals surface area contributed by atoms with E-state index in [9.17, 15) is 14.4 Å². The Balaban J connectivity index is 1.83. The number of nitrogens with two attached hydrogens (primary N) is 1. The number of aryl methyl sites for hydroxylation is 1. The lowest BCUT2D eigenvalue weighted by Gasteiger charge is -2.35. The van der Waals surface area contributed by atoms with Gasteiger partial charge in [0.15, 0.2) is 0 Å². The predicted octanol–water partition coefficient (Wildman–Crippen LogP) is 0.978. The van der Waals surface area contributed by atoms with Gasteiger partial charge in [0.05, 0.1) is 12.6 Å². The van der Waals surface area contributed by atoms with Crippen LogP contribution in [0.3, 0.4) is 0 Å². The molecule has 1 atom stereocenters. The van der Waals surface area contributed by atoms with Crippen molar-refractivity contribution in [3.8, 4) is 0 Å². The zero-order chi connectivity index (χ0) is 19.3. The van der Waals surface area contributed by atoms with Gasteiger partial charge in [0.2, 0.25) is 17.7 Å². The monoisotopic (exact) mass is 360 g/mol. The lowest BCUT2D eigenvalue weighted by molar-refractivity contribution is -0.138. The molecule has 0 aromatic heterocycles. The maximum Gasteiger partial charge on any atom is 0.243 e. The Labute approximate surface area is 154 Å². The third-order valence-corrected chi connectivity index (χ3v) is 4.93. The molecule has 3 N–H and O–H groups in total.